The van der Waals surface area contributed by atoms with Crippen molar-refractivity contribution in [1.29, 1.82) is 0 Å². The van der Waals surface area contributed by atoms with Crippen LogP contribution in [0.1, 0.15) is 5.56 Å². The van der Waals surface area contributed by atoms with Crippen molar-refractivity contribution in [1.82, 2.24) is 15.0 Å². The number of ether oxygens (including phenoxy) is 1. The Morgan fingerprint density at radius 3 is 2.54 bits per heavy atom. The van der Waals surface area contributed by atoms with E-state index in [1.165, 1.54) is 10.8 Å². The van der Waals surface area contributed by atoms with E-state index in [0.29, 0.717) is 6.61 Å². The molecule has 0 saturated carbocycles. The van der Waals surface area contributed by atoms with Crippen LogP contribution in [0.4, 0.5) is 0 Å². The number of aromatic nitrogens is 3. The van der Waals surface area contributed by atoms with E-state index in [9.17, 15) is 0 Å². The molecule has 0 spiro atoms. The van der Waals surface area contributed by atoms with Gasteiger partial charge in [-0.05, 0) is 23.8 Å². The summed E-state index contributed by atoms with van der Waals surface area (Å²) in [7, 11) is 0. The van der Waals surface area contributed by atoms with Gasteiger partial charge in [-0.15, -0.1) is 0 Å². The van der Waals surface area contributed by atoms with Gasteiger partial charge >= 0.3 is 0 Å². The van der Waals surface area contributed by atoms with Gasteiger partial charge in [0.15, 0.2) is 0 Å². The molecule has 0 atom stereocenters. The molecule has 0 aliphatic carbocycles. The van der Waals surface area contributed by atoms with Crippen molar-refractivity contribution in [2.45, 2.75) is 6.61 Å². The fourth-order valence-corrected chi connectivity index (χ4v) is 3.97. The molecule has 0 bridgehead atoms. The van der Waals surface area contributed by atoms with Gasteiger partial charge in [0.05, 0.1) is 28.3 Å². The molecule has 0 amide bonds. The topological polar surface area (TPSA) is 53.7 Å². The zero-order valence-corrected chi connectivity index (χ0v) is 15.1. The maximum atomic E-state index is 5.99. The van der Waals surface area contributed by atoms with Crippen LogP contribution in [0.5, 0.6) is 5.75 Å². The van der Waals surface area contributed by atoms with Gasteiger partial charge in [-0.3, -0.25) is 4.98 Å². The molecule has 0 radical (unpaired) electrons. The molecule has 4 heteroatoms. The van der Waals surface area contributed by atoms with Gasteiger partial charge in [-0.1, -0.05) is 48.5 Å². The summed E-state index contributed by atoms with van der Waals surface area (Å²) >= 11 is 0. The Morgan fingerprint density at radius 1 is 0.750 bits per heavy atom. The van der Waals surface area contributed by atoms with E-state index < -0.39 is 0 Å². The van der Waals surface area contributed by atoms with E-state index in [1.54, 1.807) is 0 Å². The van der Waals surface area contributed by atoms with Crippen LogP contribution in [-0.4, -0.2) is 15.0 Å². The van der Waals surface area contributed by atoms with Gasteiger partial charge in [-0.25, -0.2) is 0 Å². The number of hydrogen-bond acceptors (Lipinski definition) is 2. The molecule has 4 nitrogen and oxygen atoms in total. The fourth-order valence-electron chi connectivity index (χ4n) is 3.97. The highest BCUT2D eigenvalue weighted by molar-refractivity contribution is 6.22. The van der Waals surface area contributed by atoms with Crippen LogP contribution in [0.3, 0.4) is 0 Å². The molecule has 0 fully saturated rings. The van der Waals surface area contributed by atoms with E-state index >= 15 is 0 Å². The minimum atomic E-state index is 0.553. The maximum absolute atomic E-state index is 5.99. The Bertz CT molecular complexity index is 1460. The maximum Gasteiger partial charge on any atom is 0.121 e. The van der Waals surface area contributed by atoms with Crippen molar-refractivity contribution in [2.24, 2.45) is 0 Å². The first-order chi connectivity index (χ1) is 13.9. The molecular weight excluding hydrogens is 346 g/mol. The van der Waals surface area contributed by atoms with Crippen molar-refractivity contribution in [2.75, 3.05) is 0 Å². The third-order valence-corrected chi connectivity index (χ3v) is 5.30. The zero-order chi connectivity index (χ0) is 18.5. The molecule has 3 heterocycles. The normalized spacial score (nSPS) is 11.7. The lowest BCUT2D eigenvalue weighted by molar-refractivity contribution is 0.306. The lowest BCUT2D eigenvalue weighted by atomic mass is 10.1. The highest BCUT2D eigenvalue weighted by atomic mass is 16.5. The van der Waals surface area contributed by atoms with E-state index in [2.05, 4.69) is 52.4 Å². The van der Waals surface area contributed by atoms with E-state index in [-0.39, 0.29) is 0 Å². The van der Waals surface area contributed by atoms with Crippen molar-refractivity contribution in [3.8, 4) is 5.75 Å². The number of pyridine rings is 1. The lowest BCUT2D eigenvalue weighted by Crippen LogP contribution is -1.94. The molecule has 6 rings (SSSR count). The number of hydrogen-bond donors (Lipinski definition) is 2. The Balaban J connectivity index is 1.49. The summed E-state index contributed by atoms with van der Waals surface area (Å²) in [5.41, 5.74) is 6.40. The largest absolute Gasteiger partial charge is 0.489 e. The third-order valence-electron chi connectivity index (χ3n) is 5.30. The second kappa shape index (κ2) is 5.86. The molecule has 134 valence electrons. The molecule has 0 saturated heterocycles. The van der Waals surface area contributed by atoms with Crippen LogP contribution in [0.15, 0.2) is 79.0 Å². The van der Waals surface area contributed by atoms with Crippen LogP contribution in [-0.2, 0) is 6.61 Å². The summed E-state index contributed by atoms with van der Waals surface area (Å²) in [5.74, 6) is 0.845. The van der Waals surface area contributed by atoms with Gasteiger partial charge in [0.1, 0.15) is 12.4 Å². The fraction of sp³-hybridized carbons (Fsp3) is 0.0417. The van der Waals surface area contributed by atoms with Crippen LogP contribution in [0.2, 0.25) is 0 Å². The number of para-hydroxylation sites is 1. The van der Waals surface area contributed by atoms with Crippen molar-refractivity contribution < 1.29 is 4.74 Å². The Kier molecular flexibility index (Phi) is 3.20. The second-order valence-electron chi connectivity index (χ2n) is 7.05. The zero-order valence-electron chi connectivity index (χ0n) is 15.1. The van der Waals surface area contributed by atoms with E-state index in [4.69, 9.17) is 9.72 Å². The van der Waals surface area contributed by atoms with Crippen LogP contribution in [0, 0.1) is 0 Å². The summed E-state index contributed by atoms with van der Waals surface area (Å²) in [5, 5.41) is 3.50. The third kappa shape index (κ3) is 2.28. The summed E-state index contributed by atoms with van der Waals surface area (Å²) in [6, 6.07) is 24.7. The number of rotatable bonds is 3. The summed E-state index contributed by atoms with van der Waals surface area (Å²) in [4.78, 5) is 11.7. The average molecular weight is 363 g/mol. The first-order valence-corrected chi connectivity index (χ1v) is 9.34. The SMILES string of the molecule is c1ccc(COc2ccc3c(c2)[nH]c2c3ncc3[nH]c4ccccc4c32)cc1. The molecule has 3 aromatic heterocycles. The summed E-state index contributed by atoms with van der Waals surface area (Å²) in [6.07, 6.45) is 1.92. The van der Waals surface area contributed by atoms with Gasteiger partial charge in [0.25, 0.3) is 0 Å². The van der Waals surface area contributed by atoms with E-state index in [1.807, 2.05) is 36.5 Å². The molecular formula is C24H17N3O. The van der Waals surface area contributed by atoms with Crippen LogP contribution >= 0.6 is 0 Å². The highest BCUT2D eigenvalue weighted by Crippen LogP contribution is 2.35. The first kappa shape index (κ1) is 15.3. The monoisotopic (exact) mass is 363 g/mol. The Labute approximate surface area is 160 Å². The second-order valence-corrected chi connectivity index (χ2v) is 7.05. The molecule has 0 aliphatic heterocycles. The van der Waals surface area contributed by atoms with Gasteiger partial charge in [-0.2, -0.15) is 0 Å². The number of fused-ring (bicyclic) bond motifs is 7. The molecule has 0 unspecified atom stereocenters. The van der Waals surface area contributed by atoms with Gasteiger partial charge < -0.3 is 14.7 Å². The molecule has 0 aliphatic rings. The average Bonchev–Trinajstić information content (AvgIpc) is 3.30. The highest BCUT2D eigenvalue weighted by Gasteiger charge is 2.13. The quantitative estimate of drug-likeness (QED) is 0.409. The first-order valence-electron chi connectivity index (χ1n) is 9.34. The number of nitrogens with one attached hydrogen (secondary N) is 2. The van der Waals surface area contributed by atoms with Gasteiger partial charge in [0.2, 0.25) is 0 Å². The van der Waals surface area contributed by atoms with Crippen molar-refractivity contribution in [3.63, 3.8) is 0 Å². The van der Waals surface area contributed by atoms with Gasteiger partial charge in [0, 0.05) is 27.7 Å². The van der Waals surface area contributed by atoms with Crippen LogP contribution in [0.25, 0.3) is 43.7 Å². The molecule has 6 aromatic rings. The van der Waals surface area contributed by atoms with Crippen molar-refractivity contribution >= 4 is 43.7 Å². The smallest absolute Gasteiger partial charge is 0.121 e. The molecule has 2 N–H and O–H groups in total. The Hall–Kier alpha value is -3.79. The minimum absolute atomic E-state index is 0.553. The minimum Gasteiger partial charge on any atom is -0.489 e. The Morgan fingerprint density at radius 2 is 1.61 bits per heavy atom. The molecule has 3 aromatic carbocycles. The summed E-state index contributed by atoms with van der Waals surface area (Å²) < 4.78 is 5.99. The number of benzene rings is 3. The number of aromatic amines is 2. The van der Waals surface area contributed by atoms with Crippen molar-refractivity contribution in [3.05, 3.63) is 84.6 Å². The summed E-state index contributed by atoms with van der Waals surface area (Å²) in [6.45, 7) is 0.553. The number of nitrogens with zero attached hydrogens (tertiary/aromatic N) is 1. The predicted molar refractivity (Wildman–Crippen MR) is 114 cm³/mol. The van der Waals surface area contributed by atoms with Crippen LogP contribution < -0.4 is 4.74 Å². The van der Waals surface area contributed by atoms with E-state index in [0.717, 1.165) is 44.3 Å². The standard InChI is InChI=1S/C24H17N3O/c1-2-6-15(7-3-1)14-28-16-10-11-18-20(12-16)27-24-22-17-8-4-5-9-19(17)26-21(22)13-25-23(18)24/h1-13,26-27H,14H2. The lowest BCUT2D eigenvalue weighted by Gasteiger charge is -2.06. The number of H-pyrrole nitrogens is 2. The predicted octanol–water partition coefficient (Wildman–Crippen LogP) is 5.93. The molecule has 28 heavy (non-hydrogen) atoms.